The van der Waals surface area contributed by atoms with Crippen LogP contribution in [0.5, 0.6) is 0 Å². The number of hydrogen-bond donors (Lipinski definition) is 3. The van der Waals surface area contributed by atoms with Gasteiger partial charge in [0.1, 0.15) is 5.71 Å². The first kappa shape index (κ1) is 21.2. The minimum absolute atomic E-state index is 0.00423. The van der Waals surface area contributed by atoms with E-state index in [1.165, 1.54) is 7.05 Å². The molecule has 0 saturated heterocycles. The summed E-state index contributed by atoms with van der Waals surface area (Å²) in [6.45, 7) is 0. The lowest BCUT2D eigenvalue weighted by molar-refractivity contribution is -0.116. The van der Waals surface area contributed by atoms with Crippen LogP contribution in [0.15, 0.2) is 59.8 Å². The fraction of sp³-hybridized carbons (Fsp3) is 0.318. The number of anilines is 1. The lowest BCUT2D eigenvalue weighted by atomic mass is 10.1. The molecule has 2 aromatic carbocycles. The number of unbranched alkanes of at least 4 members (excludes halogenated alkanes) is 3. The topological polar surface area (TPSA) is 90.8 Å². The Hall–Kier alpha value is -3.15. The summed E-state index contributed by atoms with van der Waals surface area (Å²) in [4.78, 5) is 23.4. The van der Waals surface area contributed by atoms with E-state index in [0.717, 1.165) is 42.5 Å². The molecule has 28 heavy (non-hydrogen) atoms. The monoisotopic (exact) mass is 381 g/mol. The SMILES string of the molecule is CNC(=O)/C(CCCCCCC(=O)Nc1ccc(-c2ccccc2)cc1)=N/O. The van der Waals surface area contributed by atoms with Gasteiger partial charge in [0.05, 0.1) is 0 Å². The summed E-state index contributed by atoms with van der Waals surface area (Å²) in [5, 5.41) is 17.2. The van der Waals surface area contributed by atoms with Gasteiger partial charge in [-0.2, -0.15) is 0 Å². The van der Waals surface area contributed by atoms with E-state index in [9.17, 15) is 9.59 Å². The Labute approximate surface area is 165 Å². The standard InChI is InChI=1S/C22H27N3O3/c1-23-22(27)20(25-28)11-7-2-3-8-12-21(26)24-19-15-13-18(14-16-19)17-9-5-4-6-10-17/h4-6,9-10,13-16,28H,2-3,7-8,11-12H2,1H3,(H,23,27)(H,24,26)/b25-20+. The van der Waals surface area contributed by atoms with E-state index in [2.05, 4.69) is 27.9 Å². The number of carbonyl (C=O) groups is 2. The van der Waals surface area contributed by atoms with Crippen LogP contribution in [0.1, 0.15) is 38.5 Å². The quantitative estimate of drug-likeness (QED) is 0.249. The highest BCUT2D eigenvalue weighted by Gasteiger charge is 2.09. The van der Waals surface area contributed by atoms with Crippen LogP contribution in [0.4, 0.5) is 5.69 Å². The Bertz CT molecular complexity index is 786. The van der Waals surface area contributed by atoms with Crippen molar-refractivity contribution in [3.63, 3.8) is 0 Å². The molecule has 0 fully saturated rings. The van der Waals surface area contributed by atoms with E-state index in [0.29, 0.717) is 12.8 Å². The molecule has 0 atom stereocenters. The molecule has 6 nitrogen and oxygen atoms in total. The molecule has 0 unspecified atom stereocenters. The maximum atomic E-state index is 12.1. The summed E-state index contributed by atoms with van der Waals surface area (Å²) >= 11 is 0. The van der Waals surface area contributed by atoms with E-state index in [4.69, 9.17) is 5.21 Å². The summed E-state index contributed by atoms with van der Waals surface area (Å²) in [7, 11) is 1.50. The van der Waals surface area contributed by atoms with E-state index < -0.39 is 0 Å². The molecule has 0 spiro atoms. The minimum atomic E-state index is -0.361. The van der Waals surface area contributed by atoms with Crippen LogP contribution in [0.3, 0.4) is 0 Å². The molecule has 2 aromatic rings. The van der Waals surface area contributed by atoms with Gasteiger partial charge in [0.25, 0.3) is 5.91 Å². The van der Waals surface area contributed by atoms with Gasteiger partial charge in [-0.25, -0.2) is 0 Å². The molecule has 3 N–H and O–H groups in total. The highest BCUT2D eigenvalue weighted by Crippen LogP contribution is 2.21. The molecule has 0 heterocycles. The number of benzene rings is 2. The highest BCUT2D eigenvalue weighted by molar-refractivity contribution is 6.38. The minimum Gasteiger partial charge on any atom is -0.410 e. The maximum Gasteiger partial charge on any atom is 0.268 e. The lowest BCUT2D eigenvalue weighted by Gasteiger charge is -2.07. The smallest absolute Gasteiger partial charge is 0.268 e. The summed E-state index contributed by atoms with van der Waals surface area (Å²) in [6.07, 6.45) is 4.16. The Balaban J connectivity index is 1.65. The number of hydrogen-bond acceptors (Lipinski definition) is 4. The average molecular weight is 381 g/mol. The molecule has 0 saturated carbocycles. The van der Waals surface area contributed by atoms with Gasteiger partial charge in [0.2, 0.25) is 5.91 Å². The zero-order valence-electron chi connectivity index (χ0n) is 16.1. The molecule has 148 valence electrons. The van der Waals surface area contributed by atoms with Gasteiger partial charge in [-0.15, -0.1) is 0 Å². The number of amides is 2. The van der Waals surface area contributed by atoms with Gasteiger partial charge in [-0.3, -0.25) is 9.59 Å². The summed E-state index contributed by atoms with van der Waals surface area (Å²) < 4.78 is 0. The molecule has 6 heteroatoms. The van der Waals surface area contributed by atoms with Crippen molar-refractivity contribution in [1.82, 2.24) is 5.32 Å². The number of nitrogens with zero attached hydrogens (tertiary/aromatic N) is 1. The Morgan fingerprint density at radius 3 is 2.07 bits per heavy atom. The normalized spacial score (nSPS) is 11.1. The maximum absolute atomic E-state index is 12.1. The molecular weight excluding hydrogens is 354 g/mol. The Kier molecular flexibility index (Phi) is 8.72. The van der Waals surface area contributed by atoms with Crippen LogP contribution >= 0.6 is 0 Å². The molecule has 0 aliphatic carbocycles. The first-order valence-corrected chi connectivity index (χ1v) is 9.52. The summed E-state index contributed by atoms with van der Waals surface area (Å²) in [5.41, 5.74) is 3.19. The van der Waals surface area contributed by atoms with Gasteiger partial charge in [0.15, 0.2) is 0 Å². The van der Waals surface area contributed by atoms with Crippen LogP contribution in [-0.4, -0.2) is 29.8 Å². The van der Waals surface area contributed by atoms with Crippen LogP contribution in [0, 0.1) is 0 Å². The molecule has 0 aromatic heterocycles. The van der Waals surface area contributed by atoms with Gasteiger partial charge in [-0.1, -0.05) is 60.5 Å². The largest absolute Gasteiger partial charge is 0.410 e. The number of rotatable bonds is 10. The second-order valence-corrected chi connectivity index (χ2v) is 6.53. The average Bonchev–Trinajstić information content (AvgIpc) is 2.74. The first-order valence-electron chi connectivity index (χ1n) is 9.52. The fourth-order valence-corrected chi connectivity index (χ4v) is 2.88. The predicted molar refractivity (Wildman–Crippen MR) is 111 cm³/mol. The summed E-state index contributed by atoms with van der Waals surface area (Å²) in [5.74, 6) is -0.365. The van der Waals surface area contributed by atoms with Crippen molar-refractivity contribution in [2.45, 2.75) is 38.5 Å². The van der Waals surface area contributed by atoms with Crippen LogP contribution < -0.4 is 10.6 Å². The van der Waals surface area contributed by atoms with E-state index in [1.807, 2.05) is 42.5 Å². The molecule has 2 amide bonds. The molecular formula is C22H27N3O3. The molecule has 0 aliphatic heterocycles. The zero-order valence-corrected chi connectivity index (χ0v) is 16.1. The third kappa shape index (κ3) is 6.87. The van der Waals surface area contributed by atoms with Crippen molar-refractivity contribution in [2.75, 3.05) is 12.4 Å². The second kappa shape index (κ2) is 11.5. The van der Waals surface area contributed by atoms with Crippen molar-refractivity contribution in [3.05, 3.63) is 54.6 Å². The third-order valence-corrected chi connectivity index (χ3v) is 4.45. The lowest BCUT2D eigenvalue weighted by Crippen LogP contribution is -2.27. The van der Waals surface area contributed by atoms with Crippen molar-refractivity contribution >= 4 is 23.2 Å². The Morgan fingerprint density at radius 2 is 1.46 bits per heavy atom. The summed E-state index contributed by atoms with van der Waals surface area (Å²) in [6, 6.07) is 17.9. The Morgan fingerprint density at radius 1 is 0.857 bits per heavy atom. The molecule has 0 radical (unpaired) electrons. The van der Waals surface area contributed by atoms with E-state index in [-0.39, 0.29) is 17.5 Å². The second-order valence-electron chi connectivity index (χ2n) is 6.53. The van der Waals surface area contributed by atoms with Gasteiger partial charge in [0, 0.05) is 19.2 Å². The first-order chi connectivity index (χ1) is 13.6. The predicted octanol–water partition coefficient (Wildman–Crippen LogP) is 4.21. The molecule has 0 aliphatic rings. The van der Waals surface area contributed by atoms with Crippen LogP contribution in [0.2, 0.25) is 0 Å². The molecule has 2 rings (SSSR count). The zero-order chi connectivity index (χ0) is 20.2. The number of carbonyl (C=O) groups excluding carboxylic acids is 2. The van der Waals surface area contributed by atoms with Crippen molar-refractivity contribution in [1.29, 1.82) is 0 Å². The fourth-order valence-electron chi connectivity index (χ4n) is 2.88. The van der Waals surface area contributed by atoms with Gasteiger partial charge < -0.3 is 15.8 Å². The number of nitrogens with one attached hydrogen (secondary N) is 2. The van der Waals surface area contributed by atoms with Crippen molar-refractivity contribution in [3.8, 4) is 11.1 Å². The number of oxime groups is 1. The van der Waals surface area contributed by atoms with Crippen molar-refractivity contribution < 1.29 is 14.8 Å². The van der Waals surface area contributed by atoms with Crippen LogP contribution in [-0.2, 0) is 9.59 Å². The van der Waals surface area contributed by atoms with Gasteiger partial charge in [-0.05, 0) is 42.5 Å². The van der Waals surface area contributed by atoms with E-state index in [1.54, 1.807) is 0 Å². The third-order valence-electron chi connectivity index (χ3n) is 4.45. The van der Waals surface area contributed by atoms with Gasteiger partial charge >= 0.3 is 0 Å². The van der Waals surface area contributed by atoms with E-state index >= 15 is 0 Å². The highest BCUT2D eigenvalue weighted by atomic mass is 16.4. The molecule has 0 bridgehead atoms. The van der Waals surface area contributed by atoms with Crippen LogP contribution in [0.25, 0.3) is 11.1 Å². The van der Waals surface area contributed by atoms with Crippen molar-refractivity contribution in [2.24, 2.45) is 5.16 Å².